The van der Waals surface area contributed by atoms with Crippen LogP contribution in [-0.4, -0.2) is 21.0 Å². The normalized spacial score (nSPS) is 12.4. The van der Waals surface area contributed by atoms with Crippen LogP contribution in [0.1, 0.15) is 16.7 Å². The standard InChI is InChI=1S/C11H14O3S/c1-8-3-9(2)5-10(4-8)6-15(14)7-11(12)13/h3-5H,6-7H2,1-2H3,(H,12,13). The highest BCUT2D eigenvalue weighted by Gasteiger charge is 2.07. The summed E-state index contributed by atoms with van der Waals surface area (Å²) in [5, 5.41) is 8.48. The lowest BCUT2D eigenvalue weighted by Gasteiger charge is -2.03. The van der Waals surface area contributed by atoms with E-state index in [0.29, 0.717) is 5.75 Å². The lowest BCUT2D eigenvalue weighted by Crippen LogP contribution is -2.10. The van der Waals surface area contributed by atoms with Gasteiger partial charge in [-0.2, -0.15) is 0 Å². The molecule has 4 heteroatoms. The lowest BCUT2D eigenvalue weighted by atomic mass is 10.1. The molecule has 0 saturated heterocycles. The van der Waals surface area contributed by atoms with Crippen LogP contribution in [0.3, 0.4) is 0 Å². The highest BCUT2D eigenvalue weighted by molar-refractivity contribution is 7.84. The van der Waals surface area contributed by atoms with E-state index in [1.54, 1.807) is 0 Å². The number of rotatable bonds is 4. The molecule has 1 atom stereocenters. The number of carboxylic acid groups (broad SMARTS) is 1. The van der Waals surface area contributed by atoms with Crippen molar-refractivity contribution in [1.82, 2.24) is 0 Å². The maximum absolute atomic E-state index is 11.4. The number of benzene rings is 1. The Labute approximate surface area is 91.6 Å². The maximum Gasteiger partial charge on any atom is 0.316 e. The number of hydrogen-bond acceptors (Lipinski definition) is 2. The summed E-state index contributed by atoms with van der Waals surface area (Å²) in [6.07, 6.45) is 0. The second kappa shape index (κ2) is 5.07. The monoisotopic (exact) mass is 226 g/mol. The number of carboxylic acids is 1. The van der Waals surface area contributed by atoms with Gasteiger partial charge in [0.2, 0.25) is 0 Å². The van der Waals surface area contributed by atoms with Crippen molar-refractivity contribution in [2.24, 2.45) is 0 Å². The van der Waals surface area contributed by atoms with Crippen LogP contribution in [0.2, 0.25) is 0 Å². The van der Waals surface area contributed by atoms with Gasteiger partial charge in [-0.3, -0.25) is 9.00 Å². The third-order valence-electron chi connectivity index (χ3n) is 1.89. The van der Waals surface area contributed by atoms with E-state index in [4.69, 9.17) is 5.11 Å². The average molecular weight is 226 g/mol. The van der Waals surface area contributed by atoms with Gasteiger partial charge < -0.3 is 5.11 Å². The molecule has 0 amide bonds. The molecule has 0 fully saturated rings. The van der Waals surface area contributed by atoms with Gasteiger partial charge >= 0.3 is 5.97 Å². The van der Waals surface area contributed by atoms with Gasteiger partial charge in [0.05, 0.1) is 0 Å². The SMILES string of the molecule is Cc1cc(C)cc(CS(=O)CC(=O)O)c1. The van der Waals surface area contributed by atoms with Crippen molar-refractivity contribution in [3.8, 4) is 0 Å². The zero-order valence-corrected chi connectivity index (χ0v) is 9.63. The summed E-state index contributed by atoms with van der Waals surface area (Å²) in [4.78, 5) is 10.3. The van der Waals surface area contributed by atoms with Crippen LogP contribution in [0.4, 0.5) is 0 Å². The first-order valence-electron chi connectivity index (χ1n) is 4.61. The first-order chi connectivity index (χ1) is 6.97. The van der Waals surface area contributed by atoms with Gasteiger partial charge in [-0.25, -0.2) is 0 Å². The summed E-state index contributed by atoms with van der Waals surface area (Å²) in [5.74, 6) is -0.986. The molecule has 3 nitrogen and oxygen atoms in total. The Hall–Kier alpha value is -1.16. The minimum absolute atomic E-state index is 0.285. The zero-order valence-electron chi connectivity index (χ0n) is 8.82. The molecule has 1 N–H and O–H groups in total. The Balaban J connectivity index is 2.72. The van der Waals surface area contributed by atoms with E-state index in [0.717, 1.165) is 16.7 Å². The van der Waals surface area contributed by atoms with Crippen LogP contribution in [0.15, 0.2) is 18.2 Å². The van der Waals surface area contributed by atoms with Crippen LogP contribution >= 0.6 is 0 Å². The largest absolute Gasteiger partial charge is 0.481 e. The summed E-state index contributed by atoms with van der Waals surface area (Å²) in [5.41, 5.74) is 3.15. The van der Waals surface area contributed by atoms with Crippen LogP contribution in [0.5, 0.6) is 0 Å². The zero-order chi connectivity index (χ0) is 11.4. The highest BCUT2D eigenvalue weighted by Crippen LogP contribution is 2.10. The van der Waals surface area contributed by atoms with Gasteiger partial charge in [0.1, 0.15) is 5.75 Å². The highest BCUT2D eigenvalue weighted by atomic mass is 32.2. The maximum atomic E-state index is 11.4. The van der Waals surface area contributed by atoms with E-state index < -0.39 is 16.8 Å². The van der Waals surface area contributed by atoms with Gasteiger partial charge in [0.25, 0.3) is 0 Å². The molecule has 0 saturated carbocycles. The molecule has 15 heavy (non-hydrogen) atoms. The third kappa shape index (κ3) is 4.25. The molecular formula is C11H14O3S. The fourth-order valence-corrected chi connectivity index (χ4v) is 2.44. The molecule has 1 aromatic rings. The Kier molecular flexibility index (Phi) is 4.03. The molecule has 0 aliphatic rings. The second-order valence-corrected chi connectivity index (χ2v) is 5.08. The minimum Gasteiger partial charge on any atom is -0.481 e. The fourth-order valence-electron chi connectivity index (χ4n) is 1.53. The van der Waals surface area contributed by atoms with Crippen LogP contribution < -0.4 is 0 Å². The summed E-state index contributed by atoms with van der Waals surface area (Å²) < 4.78 is 11.4. The van der Waals surface area contributed by atoms with Crippen molar-refractivity contribution in [1.29, 1.82) is 0 Å². The molecule has 0 aliphatic heterocycles. The van der Waals surface area contributed by atoms with E-state index in [2.05, 4.69) is 0 Å². The van der Waals surface area contributed by atoms with Crippen molar-refractivity contribution < 1.29 is 14.1 Å². The van der Waals surface area contributed by atoms with E-state index in [1.165, 1.54) is 0 Å². The molecule has 1 rings (SSSR count). The first kappa shape index (κ1) is 11.9. The number of hydrogen-bond donors (Lipinski definition) is 1. The Morgan fingerprint density at radius 1 is 1.27 bits per heavy atom. The number of aliphatic carboxylic acids is 1. The predicted molar refractivity (Wildman–Crippen MR) is 60.3 cm³/mol. The fraction of sp³-hybridized carbons (Fsp3) is 0.364. The summed E-state index contributed by atoms with van der Waals surface area (Å²) in [7, 11) is -1.32. The molecule has 0 spiro atoms. The molecule has 0 bridgehead atoms. The molecule has 0 aliphatic carbocycles. The number of aryl methyl sites for hydroxylation is 2. The topological polar surface area (TPSA) is 54.4 Å². The second-order valence-electron chi connectivity index (χ2n) is 3.62. The molecule has 82 valence electrons. The van der Waals surface area contributed by atoms with Gasteiger partial charge in [-0.15, -0.1) is 0 Å². The predicted octanol–water partition coefficient (Wildman–Crippen LogP) is 1.64. The minimum atomic E-state index is -1.32. The van der Waals surface area contributed by atoms with Gasteiger partial charge in [-0.05, 0) is 19.4 Å². The molecule has 1 unspecified atom stereocenters. The molecule has 0 aromatic heterocycles. The molecule has 0 heterocycles. The summed E-state index contributed by atoms with van der Waals surface area (Å²) in [6, 6.07) is 5.91. The quantitative estimate of drug-likeness (QED) is 0.849. The van der Waals surface area contributed by atoms with Crippen molar-refractivity contribution in [2.75, 3.05) is 5.75 Å². The Morgan fingerprint density at radius 3 is 2.27 bits per heavy atom. The van der Waals surface area contributed by atoms with E-state index in [9.17, 15) is 9.00 Å². The van der Waals surface area contributed by atoms with Gasteiger partial charge in [-0.1, -0.05) is 29.3 Å². The van der Waals surface area contributed by atoms with Gasteiger partial charge in [0.15, 0.2) is 0 Å². The third-order valence-corrected chi connectivity index (χ3v) is 3.12. The average Bonchev–Trinajstić information content (AvgIpc) is 1.98. The summed E-state index contributed by atoms with van der Waals surface area (Å²) in [6.45, 7) is 3.94. The first-order valence-corrected chi connectivity index (χ1v) is 6.10. The smallest absolute Gasteiger partial charge is 0.316 e. The summed E-state index contributed by atoms with van der Waals surface area (Å²) >= 11 is 0. The lowest BCUT2D eigenvalue weighted by molar-refractivity contribution is -0.133. The van der Waals surface area contributed by atoms with E-state index >= 15 is 0 Å². The van der Waals surface area contributed by atoms with Crippen LogP contribution in [0.25, 0.3) is 0 Å². The molecular weight excluding hydrogens is 212 g/mol. The van der Waals surface area contributed by atoms with E-state index in [1.807, 2.05) is 32.0 Å². The van der Waals surface area contributed by atoms with Crippen molar-refractivity contribution >= 4 is 16.8 Å². The van der Waals surface area contributed by atoms with Crippen molar-refractivity contribution in [3.05, 3.63) is 34.9 Å². The van der Waals surface area contributed by atoms with E-state index in [-0.39, 0.29) is 5.75 Å². The molecule has 0 radical (unpaired) electrons. The van der Waals surface area contributed by atoms with Crippen LogP contribution in [0, 0.1) is 13.8 Å². The Morgan fingerprint density at radius 2 is 1.80 bits per heavy atom. The number of carbonyl (C=O) groups is 1. The Bertz CT molecular complexity index is 379. The van der Waals surface area contributed by atoms with Gasteiger partial charge in [0, 0.05) is 16.6 Å². The van der Waals surface area contributed by atoms with Crippen LogP contribution in [-0.2, 0) is 21.3 Å². The van der Waals surface area contributed by atoms with Crippen molar-refractivity contribution in [3.63, 3.8) is 0 Å². The van der Waals surface area contributed by atoms with Crippen molar-refractivity contribution in [2.45, 2.75) is 19.6 Å². The molecule has 1 aromatic carbocycles.